The molecule has 19 heavy (non-hydrogen) atoms. The van der Waals surface area contributed by atoms with Crippen LogP contribution in [0, 0.1) is 13.8 Å². The summed E-state index contributed by atoms with van der Waals surface area (Å²) in [5.74, 6) is 0.199. The Balaban J connectivity index is 2.21. The molecule has 1 aromatic rings. The molecule has 2 rings (SSSR count). The number of nitrogens with zero attached hydrogens (tertiary/aromatic N) is 2. The summed E-state index contributed by atoms with van der Waals surface area (Å²) in [7, 11) is -3.61. The molecule has 1 aliphatic heterocycles. The first kappa shape index (κ1) is 14.0. The van der Waals surface area contributed by atoms with Crippen molar-refractivity contribution in [3.8, 4) is 0 Å². The van der Waals surface area contributed by atoms with Crippen LogP contribution in [0.1, 0.15) is 34.7 Å². The summed E-state index contributed by atoms with van der Waals surface area (Å²) in [6.45, 7) is 4.00. The number of nitrogens with two attached hydrogens (primary N) is 1. The minimum Gasteiger partial charge on any atom is -0.361 e. The van der Waals surface area contributed by atoms with Crippen LogP contribution < -0.4 is 5.14 Å². The van der Waals surface area contributed by atoms with Gasteiger partial charge in [-0.2, -0.15) is 0 Å². The van der Waals surface area contributed by atoms with Gasteiger partial charge in [0.1, 0.15) is 11.3 Å². The van der Waals surface area contributed by atoms with Gasteiger partial charge in [-0.05, 0) is 26.7 Å². The molecule has 106 valence electrons. The average Bonchev–Trinajstić information content (AvgIpc) is 2.67. The molecule has 1 fully saturated rings. The quantitative estimate of drug-likeness (QED) is 0.835. The van der Waals surface area contributed by atoms with Crippen molar-refractivity contribution in [3.05, 3.63) is 17.0 Å². The summed E-state index contributed by atoms with van der Waals surface area (Å²) < 4.78 is 27.7. The molecule has 1 amide bonds. The molecule has 1 atom stereocenters. The topological polar surface area (TPSA) is 106 Å². The van der Waals surface area contributed by atoms with E-state index in [4.69, 9.17) is 9.66 Å². The summed E-state index contributed by atoms with van der Waals surface area (Å²) in [4.78, 5) is 13.9. The van der Waals surface area contributed by atoms with E-state index in [1.54, 1.807) is 13.8 Å². The molecule has 0 aromatic carbocycles. The Kier molecular flexibility index (Phi) is 3.64. The third kappa shape index (κ3) is 2.79. The van der Waals surface area contributed by atoms with Gasteiger partial charge >= 0.3 is 0 Å². The van der Waals surface area contributed by atoms with E-state index in [-0.39, 0.29) is 12.5 Å². The summed E-state index contributed by atoms with van der Waals surface area (Å²) in [6, 6.07) is 0. The van der Waals surface area contributed by atoms with E-state index in [9.17, 15) is 13.2 Å². The maximum Gasteiger partial charge on any atom is 0.259 e. The minimum absolute atomic E-state index is 0.127. The minimum atomic E-state index is -3.61. The molecule has 1 unspecified atom stereocenters. The Bertz CT molecular complexity index is 574. The van der Waals surface area contributed by atoms with E-state index in [0.717, 1.165) is 0 Å². The number of piperidine rings is 1. The lowest BCUT2D eigenvalue weighted by Crippen LogP contribution is -2.47. The van der Waals surface area contributed by atoms with E-state index < -0.39 is 15.3 Å². The highest BCUT2D eigenvalue weighted by atomic mass is 32.2. The van der Waals surface area contributed by atoms with Gasteiger partial charge in [-0.3, -0.25) is 4.79 Å². The lowest BCUT2D eigenvalue weighted by atomic mass is 10.1. The Hall–Kier alpha value is -1.41. The normalized spacial score (nSPS) is 20.6. The predicted molar refractivity (Wildman–Crippen MR) is 68.0 cm³/mol. The lowest BCUT2D eigenvalue weighted by molar-refractivity contribution is 0.0724. The molecular weight excluding hydrogens is 270 g/mol. The van der Waals surface area contributed by atoms with Gasteiger partial charge in [-0.15, -0.1) is 0 Å². The first-order valence-corrected chi connectivity index (χ1v) is 7.65. The number of aromatic nitrogens is 1. The molecule has 0 aliphatic carbocycles. The number of amides is 1. The maximum absolute atomic E-state index is 12.4. The number of hydrogen-bond donors (Lipinski definition) is 1. The summed E-state index contributed by atoms with van der Waals surface area (Å²) in [5, 5.41) is 8.20. The second-order valence-electron chi connectivity index (χ2n) is 4.80. The average molecular weight is 287 g/mol. The number of carbonyl (C=O) groups excluding carboxylic acids is 1. The number of aryl methyl sites for hydroxylation is 2. The Labute approximate surface area is 111 Å². The van der Waals surface area contributed by atoms with Crippen LogP contribution in [-0.2, 0) is 10.0 Å². The van der Waals surface area contributed by atoms with Gasteiger partial charge in [0.2, 0.25) is 10.0 Å². The Morgan fingerprint density at radius 2 is 2.16 bits per heavy atom. The number of rotatable bonds is 2. The van der Waals surface area contributed by atoms with E-state index in [1.165, 1.54) is 4.90 Å². The molecule has 1 aromatic heterocycles. The maximum atomic E-state index is 12.4. The zero-order valence-electron chi connectivity index (χ0n) is 10.9. The number of hydrogen-bond acceptors (Lipinski definition) is 5. The van der Waals surface area contributed by atoms with E-state index in [0.29, 0.717) is 36.4 Å². The van der Waals surface area contributed by atoms with Gasteiger partial charge in [0.05, 0.1) is 10.9 Å². The van der Waals surface area contributed by atoms with Gasteiger partial charge in [-0.1, -0.05) is 5.16 Å². The monoisotopic (exact) mass is 287 g/mol. The van der Waals surface area contributed by atoms with Crippen LogP contribution in [0.5, 0.6) is 0 Å². The molecule has 0 saturated carbocycles. The van der Waals surface area contributed by atoms with Gasteiger partial charge in [0, 0.05) is 13.1 Å². The van der Waals surface area contributed by atoms with Crippen LogP contribution in [0.4, 0.5) is 0 Å². The molecule has 1 aliphatic rings. The molecule has 0 radical (unpaired) electrons. The van der Waals surface area contributed by atoms with Crippen LogP contribution in [0.2, 0.25) is 0 Å². The first-order chi connectivity index (χ1) is 8.80. The highest BCUT2D eigenvalue weighted by Crippen LogP contribution is 2.20. The van der Waals surface area contributed by atoms with Crippen molar-refractivity contribution in [2.45, 2.75) is 31.9 Å². The summed E-state index contributed by atoms with van der Waals surface area (Å²) in [6.07, 6.45) is 1.11. The van der Waals surface area contributed by atoms with Crippen molar-refractivity contribution in [3.63, 3.8) is 0 Å². The van der Waals surface area contributed by atoms with Crippen molar-refractivity contribution < 1.29 is 17.7 Å². The lowest BCUT2D eigenvalue weighted by Gasteiger charge is -2.31. The number of carbonyl (C=O) groups is 1. The van der Waals surface area contributed by atoms with Crippen molar-refractivity contribution in [2.24, 2.45) is 5.14 Å². The van der Waals surface area contributed by atoms with Crippen LogP contribution >= 0.6 is 0 Å². The molecule has 1 saturated heterocycles. The SMILES string of the molecule is Cc1noc(C)c1C(=O)N1CCCC(S(N)(=O)=O)C1. The van der Waals surface area contributed by atoms with Crippen molar-refractivity contribution in [2.75, 3.05) is 13.1 Å². The zero-order chi connectivity index (χ0) is 14.2. The molecule has 0 bridgehead atoms. The van der Waals surface area contributed by atoms with E-state index in [2.05, 4.69) is 5.16 Å². The first-order valence-electron chi connectivity index (χ1n) is 6.04. The molecule has 0 spiro atoms. The number of primary sulfonamides is 1. The van der Waals surface area contributed by atoms with E-state index in [1.807, 2.05) is 0 Å². The van der Waals surface area contributed by atoms with Crippen molar-refractivity contribution in [1.82, 2.24) is 10.1 Å². The van der Waals surface area contributed by atoms with Crippen molar-refractivity contribution >= 4 is 15.9 Å². The van der Waals surface area contributed by atoms with Crippen LogP contribution in [0.3, 0.4) is 0 Å². The third-order valence-electron chi connectivity index (χ3n) is 3.38. The summed E-state index contributed by atoms with van der Waals surface area (Å²) >= 11 is 0. The standard InChI is InChI=1S/C11H17N3O4S/c1-7-10(8(2)18-13-7)11(15)14-5-3-4-9(6-14)19(12,16)17/h9H,3-6H2,1-2H3,(H2,12,16,17). The van der Waals surface area contributed by atoms with Crippen LogP contribution in [-0.4, -0.2) is 42.7 Å². The van der Waals surface area contributed by atoms with Crippen LogP contribution in [0.15, 0.2) is 4.52 Å². The van der Waals surface area contributed by atoms with Gasteiger partial charge < -0.3 is 9.42 Å². The zero-order valence-corrected chi connectivity index (χ0v) is 11.7. The molecule has 2 N–H and O–H groups in total. The van der Waals surface area contributed by atoms with E-state index >= 15 is 0 Å². The molecule has 2 heterocycles. The summed E-state index contributed by atoms with van der Waals surface area (Å²) in [5.41, 5.74) is 0.926. The fraction of sp³-hybridized carbons (Fsp3) is 0.636. The van der Waals surface area contributed by atoms with Gasteiger partial charge in [-0.25, -0.2) is 13.6 Å². The van der Waals surface area contributed by atoms with Gasteiger partial charge in [0.25, 0.3) is 5.91 Å². The molecule has 8 heteroatoms. The molecule has 7 nitrogen and oxygen atoms in total. The fourth-order valence-electron chi connectivity index (χ4n) is 2.34. The smallest absolute Gasteiger partial charge is 0.259 e. The highest BCUT2D eigenvalue weighted by molar-refractivity contribution is 7.89. The second kappa shape index (κ2) is 4.93. The molecular formula is C11H17N3O4S. The van der Waals surface area contributed by atoms with Crippen molar-refractivity contribution in [1.29, 1.82) is 0 Å². The van der Waals surface area contributed by atoms with Gasteiger partial charge in [0.15, 0.2) is 0 Å². The number of sulfonamides is 1. The number of likely N-dealkylation sites (tertiary alicyclic amines) is 1. The second-order valence-corrected chi connectivity index (χ2v) is 6.65. The van der Waals surface area contributed by atoms with Crippen LogP contribution in [0.25, 0.3) is 0 Å². The fourth-order valence-corrected chi connectivity index (χ4v) is 3.22. The highest BCUT2D eigenvalue weighted by Gasteiger charge is 2.32. The largest absolute Gasteiger partial charge is 0.361 e. The Morgan fingerprint density at radius 1 is 1.47 bits per heavy atom. The third-order valence-corrected chi connectivity index (χ3v) is 4.69. The predicted octanol–water partition coefficient (Wildman–Crippen LogP) is 0.185. The Morgan fingerprint density at radius 3 is 2.68 bits per heavy atom.